The van der Waals surface area contributed by atoms with Crippen LogP contribution in [0.25, 0.3) is 0 Å². The van der Waals surface area contributed by atoms with E-state index < -0.39 is 0 Å². The van der Waals surface area contributed by atoms with E-state index in [1.54, 1.807) is 13.8 Å². The van der Waals surface area contributed by atoms with Crippen molar-refractivity contribution < 1.29 is 23.9 Å². The van der Waals surface area contributed by atoms with Gasteiger partial charge in [-0.2, -0.15) is 0 Å². The summed E-state index contributed by atoms with van der Waals surface area (Å²) in [7, 11) is 0. The van der Waals surface area contributed by atoms with E-state index in [9.17, 15) is 14.4 Å². The lowest BCUT2D eigenvalue weighted by atomic mass is 10.1. The second kappa shape index (κ2) is 18.0. The summed E-state index contributed by atoms with van der Waals surface area (Å²) >= 11 is 3.76. The number of ether oxygens (including phenoxy) is 2. The van der Waals surface area contributed by atoms with Gasteiger partial charge >= 0.3 is 10.6 Å². The quantitative estimate of drug-likeness (QED) is 0.243. The zero-order chi connectivity index (χ0) is 19.6. The Hall–Kier alpha value is -0.340. The lowest BCUT2D eigenvalue weighted by Gasteiger charge is -2.15. The molecule has 0 rings (SSSR count). The van der Waals surface area contributed by atoms with Crippen LogP contribution in [0.2, 0.25) is 0 Å². The predicted octanol–water partition coefficient (Wildman–Crippen LogP) is 6.14. The van der Waals surface area contributed by atoms with Crippen molar-refractivity contribution >= 4 is 51.0 Å². The third kappa shape index (κ3) is 15.9. The van der Waals surface area contributed by atoms with Gasteiger partial charge in [0, 0.05) is 23.2 Å². The van der Waals surface area contributed by atoms with Crippen molar-refractivity contribution in [1.82, 2.24) is 0 Å². The first-order valence-electron chi connectivity index (χ1n) is 9.31. The molecular weight excluding hydrogens is 392 g/mol. The van der Waals surface area contributed by atoms with Crippen LogP contribution in [-0.4, -0.2) is 45.7 Å². The molecule has 0 fully saturated rings. The van der Waals surface area contributed by atoms with Gasteiger partial charge in [0.1, 0.15) is 0 Å². The fraction of sp³-hybridized carbons (Fsp3) is 0.833. The third-order valence-electron chi connectivity index (χ3n) is 3.36. The standard InChI is InChI=1S/C18H32O5S3/c1-4-7-13-24-16(19)11-9-8-10-15(26-18(21)23-6-3)12-14-25-17(20)22-5-2/h15H,4-14H2,1-3H3. The first kappa shape index (κ1) is 25.7. The zero-order valence-corrected chi connectivity index (χ0v) is 18.6. The number of hydrogen-bond donors (Lipinski definition) is 0. The summed E-state index contributed by atoms with van der Waals surface area (Å²) in [4.78, 5) is 34.9. The molecule has 0 aromatic heterocycles. The van der Waals surface area contributed by atoms with Crippen LogP contribution in [0.5, 0.6) is 0 Å². The van der Waals surface area contributed by atoms with Gasteiger partial charge in [0.2, 0.25) is 0 Å². The van der Waals surface area contributed by atoms with E-state index in [-0.39, 0.29) is 21.0 Å². The summed E-state index contributed by atoms with van der Waals surface area (Å²) in [5.74, 6) is 1.52. The van der Waals surface area contributed by atoms with E-state index >= 15 is 0 Å². The van der Waals surface area contributed by atoms with Gasteiger partial charge in [-0.3, -0.25) is 4.79 Å². The normalized spacial score (nSPS) is 11.8. The number of thioether (sulfide) groups is 3. The van der Waals surface area contributed by atoms with Crippen molar-refractivity contribution in [1.29, 1.82) is 0 Å². The van der Waals surface area contributed by atoms with Crippen molar-refractivity contribution in [2.24, 2.45) is 0 Å². The molecule has 0 bridgehead atoms. The fourth-order valence-corrected chi connectivity index (χ4v) is 4.87. The zero-order valence-electron chi connectivity index (χ0n) is 16.1. The largest absolute Gasteiger partial charge is 0.458 e. The lowest BCUT2D eigenvalue weighted by Crippen LogP contribution is -2.11. The Balaban J connectivity index is 4.12. The highest BCUT2D eigenvalue weighted by Crippen LogP contribution is 2.25. The van der Waals surface area contributed by atoms with Gasteiger partial charge in [-0.25, -0.2) is 9.59 Å². The van der Waals surface area contributed by atoms with E-state index in [1.165, 1.54) is 23.5 Å². The highest BCUT2D eigenvalue weighted by atomic mass is 32.2. The summed E-state index contributed by atoms with van der Waals surface area (Å²) in [5, 5.41) is -0.198. The van der Waals surface area contributed by atoms with Crippen LogP contribution in [-0.2, 0) is 14.3 Å². The second-order valence-electron chi connectivity index (χ2n) is 5.56. The molecule has 1 unspecified atom stereocenters. The topological polar surface area (TPSA) is 69.7 Å². The Morgan fingerprint density at radius 3 is 2.15 bits per heavy atom. The Bertz CT molecular complexity index is 404. The molecule has 0 aromatic carbocycles. The molecular formula is C18H32O5S3. The average Bonchev–Trinajstić information content (AvgIpc) is 2.59. The molecule has 0 aliphatic heterocycles. The van der Waals surface area contributed by atoms with E-state index in [0.717, 1.165) is 56.0 Å². The molecule has 5 nitrogen and oxygen atoms in total. The molecule has 0 aliphatic carbocycles. The molecule has 8 heteroatoms. The number of carbonyl (C=O) groups excluding carboxylic acids is 3. The molecule has 0 aliphatic rings. The minimum absolute atomic E-state index is 0.0961. The minimum Gasteiger partial charge on any atom is -0.458 e. The monoisotopic (exact) mass is 424 g/mol. The Morgan fingerprint density at radius 2 is 1.50 bits per heavy atom. The Kier molecular flexibility index (Phi) is 17.8. The van der Waals surface area contributed by atoms with Gasteiger partial charge in [0.15, 0.2) is 5.12 Å². The van der Waals surface area contributed by atoms with Gasteiger partial charge in [-0.15, -0.1) is 0 Å². The van der Waals surface area contributed by atoms with Gasteiger partial charge in [-0.1, -0.05) is 31.5 Å². The van der Waals surface area contributed by atoms with E-state index in [0.29, 0.717) is 25.4 Å². The van der Waals surface area contributed by atoms with Crippen molar-refractivity contribution in [3.8, 4) is 0 Å². The molecule has 0 heterocycles. The van der Waals surface area contributed by atoms with Crippen molar-refractivity contribution in [3.05, 3.63) is 0 Å². The number of unbranched alkanes of at least 4 members (excludes halogenated alkanes) is 2. The van der Waals surface area contributed by atoms with Crippen LogP contribution in [0.3, 0.4) is 0 Å². The molecule has 0 spiro atoms. The van der Waals surface area contributed by atoms with Gasteiger partial charge in [-0.05, 0) is 63.1 Å². The SMILES string of the molecule is CCCCSC(=O)CCCCC(CCSC(=O)OCC)SC(=O)OCC. The second-order valence-corrected chi connectivity index (χ2v) is 8.98. The first-order valence-corrected chi connectivity index (χ1v) is 12.2. The molecule has 0 saturated carbocycles. The van der Waals surface area contributed by atoms with Crippen molar-refractivity contribution in [2.45, 2.75) is 71.0 Å². The molecule has 1 atom stereocenters. The fourth-order valence-electron chi connectivity index (χ4n) is 2.03. The Labute approximate surface area is 170 Å². The summed E-state index contributed by atoms with van der Waals surface area (Å²) in [6.45, 7) is 6.41. The highest BCUT2D eigenvalue weighted by Gasteiger charge is 2.17. The highest BCUT2D eigenvalue weighted by molar-refractivity contribution is 8.14. The van der Waals surface area contributed by atoms with Gasteiger partial charge in [0.25, 0.3) is 0 Å². The minimum atomic E-state index is -0.276. The van der Waals surface area contributed by atoms with Crippen molar-refractivity contribution in [3.63, 3.8) is 0 Å². The van der Waals surface area contributed by atoms with Crippen molar-refractivity contribution in [2.75, 3.05) is 24.7 Å². The van der Waals surface area contributed by atoms with Crippen LogP contribution in [0.15, 0.2) is 0 Å². The molecule has 0 N–H and O–H groups in total. The van der Waals surface area contributed by atoms with Crippen LogP contribution >= 0.6 is 35.3 Å². The maximum absolute atomic E-state index is 11.8. The summed E-state index contributed by atoms with van der Waals surface area (Å²) in [6.07, 6.45) is 6.06. The average molecular weight is 425 g/mol. The van der Waals surface area contributed by atoms with E-state index in [1.807, 2.05) is 0 Å². The van der Waals surface area contributed by atoms with Crippen LogP contribution in [0.1, 0.15) is 65.7 Å². The number of rotatable bonds is 14. The first-order chi connectivity index (χ1) is 12.5. The summed E-state index contributed by atoms with van der Waals surface area (Å²) in [6, 6.07) is 0. The molecule has 0 aromatic rings. The summed E-state index contributed by atoms with van der Waals surface area (Å²) < 4.78 is 9.90. The summed E-state index contributed by atoms with van der Waals surface area (Å²) in [5.41, 5.74) is 0. The van der Waals surface area contributed by atoms with Crippen LogP contribution in [0.4, 0.5) is 9.59 Å². The maximum Gasteiger partial charge on any atom is 0.367 e. The molecule has 0 saturated heterocycles. The molecule has 0 amide bonds. The molecule has 152 valence electrons. The van der Waals surface area contributed by atoms with Crippen LogP contribution < -0.4 is 0 Å². The maximum atomic E-state index is 11.8. The Morgan fingerprint density at radius 1 is 0.808 bits per heavy atom. The van der Waals surface area contributed by atoms with E-state index in [2.05, 4.69) is 6.92 Å². The van der Waals surface area contributed by atoms with Crippen LogP contribution in [0, 0.1) is 0 Å². The predicted molar refractivity (Wildman–Crippen MR) is 113 cm³/mol. The lowest BCUT2D eigenvalue weighted by molar-refractivity contribution is -0.111. The number of carbonyl (C=O) groups is 3. The molecule has 26 heavy (non-hydrogen) atoms. The number of hydrogen-bond acceptors (Lipinski definition) is 8. The third-order valence-corrected chi connectivity index (χ3v) is 6.29. The smallest absolute Gasteiger partial charge is 0.367 e. The molecule has 0 radical (unpaired) electrons. The van der Waals surface area contributed by atoms with Gasteiger partial charge < -0.3 is 9.47 Å². The van der Waals surface area contributed by atoms with E-state index in [4.69, 9.17) is 9.47 Å². The van der Waals surface area contributed by atoms with Gasteiger partial charge in [0.05, 0.1) is 13.2 Å².